The van der Waals surface area contributed by atoms with Crippen molar-refractivity contribution in [3.05, 3.63) is 41.4 Å². The highest BCUT2D eigenvalue weighted by molar-refractivity contribution is 6.30. The van der Waals surface area contributed by atoms with Crippen LogP contribution in [0.15, 0.2) is 34.9 Å². The zero-order valence-corrected chi connectivity index (χ0v) is 18.8. The van der Waals surface area contributed by atoms with Crippen LogP contribution in [0.25, 0.3) is 11.3 Å². The number of ether oxygens (including phenoxy) is 1. The molecule has 2 atom stereocenters. The fourth-order valence-corrected chi connectivity index (χ4v) is 4.49. The normalized spacial score (nSPS) is 23.0. The second-order valence-electron chi connectivity index (χ2n) is 8.78. The summed E-state index contributed by atoms with van der Waals surface area (Å²) in [6.45, 7) is 8.64. The fourth-order valence-electron chi connectivity index (χ4n) is 4.36. The van der Waals surface area contributed by atoms with Crippen molar-refractivity contribution >= 4 is 17.6 Å². The summed E-state index contributed by atoms with van der Waals surface area (Å²) >= 11 is 5.98. The second-order valence-corrected chi connectivity index (χ2v) is 9.22. The number of hydrogen-bond donors (Lipinski definition) is 0. The Kier molecular flexibility index (Phi) is 6.38. The molecule has 7 heteroatoms. The molecule has 1 aromatic carbocycles. The average molecular weight is 442 g/mol. The monoisotopic (exact) mass is 441 g/mol. The van der Waals surface area contributed by atoms with Gasteiger partial charge in [-0.25, -0.2) is 4.98 Å². The van der Waals surface area contributed by atoms with Crippen molar-refractivity contribution in [1.29, 1.82) is 0 Å². The zero-order chi connectivity index (χ0) is 22.0. The molecule has 2 aromatic rings. The molecule has 0 radical (unpaired) electrons. The number of hydrogen-bond acceptors (Lipinski definition) is 6. The smallest absolute Gasteiger partial charge is 0.310 e. The van der Waals surface area contributed by atoms with E-state index < -0.39 is 0 Å². The third-order valence-corrected chi connectivity index (χ3v) is 6.56. The molecule has 0 bridgehead atoms. The molecule has 2 aliphatic heterocycles. The minimum Gasteiger partial charge on any atom is -0.461 e. The average Bonchev–Trinajstić information content (AvgIpc) is 3.37. The minimum absolute atomic E-state index is 0.0564. The maximum atomic E-state index is 11.9. The summed E-state index contributed by atoms with van der Waals surface area (Å²) in [4.78, 5) is 21.2. The number of aromatic nitrogens is 1. The number of rotatable bonds is 6. The molecule has 0 unspecified atom stereocenters. The van der Waals surface area contributed by atoms with Gasteiger partial charge in [0.25, 0.3) is 0 Å². The number of halogens is 1. The maximum Gasteiger partial charge on any atom is 0.310 e. The molecule has 4 rings (SSSR count). The summed E-state index contributed by atoms with van der Waals surface area (Å²) in [5.41, 5.74) is 0.632. The van der Waals surface area contributed by atoms with Crippen LogP contribution >= 0.6 is 11.6 Å². The molecule has 0 amide bonds. The summed E-state index contributed by atoms with van der Waals surface area (Å²) in [5, 5.41) is 0.695. The van der Waals surface area contributed by atoms with Crippen molar-refractivity contribution in [3.63, 3.8) is 0 Å². The maximum absolute atomic E-state index is 11.9. The fraction of sp³-hybridized carbons (Fsp3) is 0.500. The first kappa shape index (κ1) is 21.9. The predicted octanol–water partition coefficient (Wildman–Crippen LogP) is 3.80. The molecule has 3 heterocycles. The van der Waals surface area contributed by atoms with Gasteiger partial charge in [0.05, 0.1) is 17.7 Å². The number of carbonyl (C=O) groups is 1. The Bertz CT molecular complexity index is 955. The van der Waals surface area contributed by atoms with E-state index in [9.17, 15) is 4.79 Å². The van der Waals surface area contributed by atoms with Crippen LogP contribution in [-0.2, 0) is 15.1 Å². The van der Waals surface area contributed by atoms with Gasteiger partial charge in [-0.15, -0.1) is 12.3 Å². The minimum atomic E-state index is -0.325. The van der Waals surface area contributed by atoms with E-state index >= 15 is 0 Å². The van der Waals surface area contributed by atoms with Gasteiger partial charge in [0.1, 0.15) is 6.10 Å². The topological polar surface area (TPSA) is 58.8 Å². The molecule has 0 aliphatic carbocycles. The summed E-state index contributed by atoms with van der Waals surface area (Å²) in [5.74, 6) is 3.72. The second kappa shape index (κ2) is 9.04. The summed E-state index contributed by atoms with van der Waals surface area (Å²) in [6, 6.07) is 7.56. The SMILES string of the molecule is C#CC[C@@H]1C[C@@H](CN2CCN(C(C)(C)c3ncc(-c4ccc(Cl)cc4)o3)CC2)OC1=O. The molecule has 0 spiro atoms. The van der Waals surface area contributed by atoms with E-state index in [0.717, 1.165) is 50.5 Å². The lowest BCUT2D eigenvalue weighted by atomic mass is 10.0. The molecule has 2 aliphatic rings. The van der Waals surface area contributed by atoms with Crippen LogP contribution in [0.3, 0.4) is 0 Å². The van der Waals surface area contributed by atoms with Crippen molar-refractivity contribution in [2.45, 2.75) is 38.3 Å². The van der Waals surface area contributed by atoms with Crippen LogP contribution < -0.4 is 0 Å². The highest BCUT2D eigenvalue weighted by Crippen LogP contribution is 2.32. The quantitative estimate of drug-likeness (QED) is 0.502. The van der Waals surface area contributed by atoms with Crippen molar-refractivity contribution in [2.75, 3.05) is 32.7 Å². The van der Waals surface area contributed by atoms with Crippen molar-refractivity contribution in [1.82, 2.24) is 14.8 Å². The van der Waals surface area contributed by atoms with Crippen LogP contribution in [0.4, 0.5) is 0 Å². The van der Waals surface area contributed by atoms with E-state index in [1.165, 1.54) is 0 Å². The van der Waals surface area contributed by atoms with E-state index in [2.05, 4.69) is 34.6 Å². The molecule has 1 aromatic heterocycles. The zero-order valence-electron chi connectivity index (χ0n) is 18.0. The lowest BCUT2D eigenvalue weighted by Crippen LogP contribution is -2.54. The lowest BCUT2D eigenvalue weighted by molar-refractivity contribution is -0.144. The van der Waals surface area contributed by atoms with Crippen LogP contribution in [0, 0.1) is 18.3 Å². The molecule has 0 N–H and O–H groups in total. The van der Waals surface area contributed by atoms with Gasteiger partial charge in [0.2, 0.25) is 5.89 Å². The highest BCUT2D eigenvalue weighted by Gasteiger charge is 2.38. The van der Waals surface area contributed by atoms with Gasteiger partial charge < -0.3 is 9.15 Å². The van der Waals surface area contributed by atoms with E-state index in [1.54, 1.807) is 6.20 Å². The third kappa shape index (κ3) is 4.79. The van der Waals surface area contributed by atoms with Crippen molar-refractivity contribution in [2.24, 2.45) is 5.92 Å². The molecular weight excluding hydrogens is 414 g/mol. The van der Waals surface area contributed by atoms with E-state index in [1.807, 2.05) is 24.3 Å². The van der Waals surface area contributed by atoms with Crippen molar-refractivity contribution in [3.8, 4) is 23.7 Å². The highest BCUT2D eigenvalue weighted by atomic mass is 35.5. The number of esters is 1. The van der Waals surface area contributed by atoms with Gasteiger partial charge in [-0.05, 0) is 44.5 Å². The molecule has 0 saturated carbocycles. The van der Waals surface area contributed by atoms with Gasteiger partial charge in [-0.2, -0.15) is 0 Å². The van der Waals surface area contributed by atoms with Crippen LogP contribution in [0.1, 0.15) is 32.6 Å². The molecule has 31 heavy (non-hydrogen) atoms. The predicted molar refractivity (Wildman–Crippen MR) is 119 cm³/mol. The van der Waals surface area contributed by atoms with Gasteiger partial charge in [0.15, 0.2) is 5.76 Å². The van der Waals surface area contributed by atoms with Crippen LogP contribution in [-0.4, -0.2) is 59.6 Å². The van der Waals surface area contributed by atoms with Gasteiger partial charge in [-0.3, -0.25) is 14.6 Å². The molecule has 2 fully saturated rings. The van der Waals surface area contributed by atoms with E-state index in [-0.39, 0.29) is 23.5 Å². The van der Waals surface area contributed by atoms with Gasteiger partial charge >= 0.3 is 5.97 Å². The number of benzene rings is 1. The van der Waals surface area contributed by atoms with Gasteiger partial charge in [-0.1, -0.05) is 11.6 Å². The molecule has 6 nitrogen and oxygen atoms in total. The Hall–Kier alpha value is -2.33. The van der Waals surface area contributed by atoms with E-state index in [4.69, 9.17) is 27.2 Å². The summed E-state index contributed by atoms with van der Waals surface area (Å²) < 4.78 is 11.6. The van der Waals surface area contributed by atoms with Gasteiger partial charge in [0, 0.05) is 49.7 Å². The first-order valence-electron chi connectivity index (χ1n) is 10.7. The van der Waals surface area contributed by atoms with Crippen LogP contribution in [0.5, 0.6) is 0 Å². The Labute approximate surface area is 188 Å². The number of piperazine rings is 1. The summed E-state index contributed by atoms with van der Waals surface area (Å²) in [6.07, 6.45) is 8.26. The molecular formula is C24H28ClN3O3. The number of carbonyl (C=O) groups excluding carboxylic acids is 1. The van der Waals surface area contributed by atoms with Crippen LogP contribution in [0.2, 0.25) is 5.02 Å². The number of oxazole rings is 1. The lowest BCUT2D eigenvalue weighted by Gasteiger charge is -2.42. The number of terminal acetylenes is 1. The Morgan fingerprint density at radius 2 is 1.94 bits per heavy atom. The first-order valence-corrected chi connectivity index (χ1v) is 11.1. The molecule has 164 valence electrons. The Morgan fingerprint density at radius 3 is 2.61 bits per heavy atom. The van der Waals surface area contributed by atoms with E-state index in [0.29, 0.717) is 17.3 Å². The molecule has 2 saturated heterocycles. The number of cyclic esters (lactones) is 1. The summed E-state index contributed by atoms with van der Waals surface area (Å²) in [7, 11) is 0. The van der Waals surface area contributed by atoms with Crippen molar-refractivity contribution < 1.29 is 13.9 Å². The third-order valence-electron chi connectivity index (χ3n) is 6.31. The Morgan fingerprint density at radius 1 is 1.23 bits per heavy atom. The number of nitrogens with zero attached hydrogens (tertiary/aromatic N) is 3. The largest absolute Gasteiger partial charge is 0.461 e. The standard InChI is InChI=1S/C24H28ClN3O3/c1-4-5-18-14-20(30-22(18)29)16-27-10-12-28(13-11-27)24(2,3)23-26-15-21(31-23)17-6-8-19(25)9-7-17/h1,6-9,15,18,20H,5,10-14,16H2,2-3H3/t18-,20+/m1/s1. The Balaban J connectivity index is 1.33. The first-order chi connectivity index (χ1) is 14.9.